The zero-order valence-electron chi connectivity index (χ0n) is 29.9. The van der Waals surface area contributed by atoms with Crippen LogP contribution in [0.4, 0.5) is 26.3 Å². The quantitative estimate of drug-likeness (QED) is 0.143. The molecule has 0 bridgehead atoms. The Kier molecular flexibility index (Phi) is 14.0. The number of benzene rings is 2. The normalized spacial score (nSPS) is 15.0. The Morgan fingerprint density at radius 3 is 1.67 bits per heavy atom. The first-order chi connectivity index (χ1) is 21.8. The molecule has 0 saturated heterocycles. The first-order valence-electron chi connectivity index (χ1n) is 16.0. The van der Waals surface area contributed by atoms with Crippen LogP contribution in [0, 0.1) is 22.7 Å². The van der Waals surface area contributed by atoms with Gasteiger partial charge in [0.05, 0.1) is 12.2 Å². The number of hydrogen-bond acceptors (Lipinski definition) is 3. The van der Waals surface area contributed by atoms with Crippen LogP contribution < -0.4 is 0 Å². The molecule has 0 aromatic heterocycles. The zero-order valence-corrected chi connectivity index (χ0v) is 31.9. The molecular formula is C37H50F6O3Si2. The van der Waals surface area contributed by atoms with E-state index in [0.717, 1.165) is 34.3 Å². The number of aryl methyl sites for hydroxylation is 2. The van der Waals surface area contributed by atoms with Gasteiger partial charge in [-0.25, -0.2) is 0 Å². The number of allylic oxidation sites excluding steroid dienone is 2. The molecule has 266 valence electrons. The highest BCUT2D eigenvalue weighted by Crippen LogP contribution is 2.46. The highest BCUT2D eigenvalue weighted by Gasteiger charge is 2.70. The molecule has 2 aromatic rings. The summed E-state index contributed by atoms with van der Waals surface area (Å²) in [5, 5.41) is 9.36. The third-order valence-corrected chi connectivity index (χ3v) is 9.11. The second-order valence-corrected chi connectivity index (χ2v) is 18.8. The van der Waals surface area contributed by atoms with Gasteiger partial charge in [-0.05, 0) is 102 Å². The van der Waals surface area contributed by atoms with E-state index in [1.165, 1.54) is 0 Å². The zero-order chi connectivity index (χ0) is 36.9. The van der Waals surface area contributed by atoms with Crippen molar-refractivity contribution in [3.05, 3.63) is 76.4 Å². The molecule has 2 atom stereocenters. The van der Waals surface area contributed by atoms with E-state index in [0.29, 0.717) is 30.4 Å². The number of alkyl halides is 6. The van der Waals surface area contributed by atoms with Crippen molar-refractivity contribution in [3.8, 4) is 11.8 Å². The maximum absolute atomic E-state index is 13.0. The summed E-state index contributed by atoms with van der Waals surface area (Å²) in [6.45, 7) is 23.4. The predicted octanol–water partition coefficient (Wildman–Crippen LogP) is 10.8. The van der Waals surface area contributed by atoms with Crippen molar-refractivity contribution in [2.24, 2.45) is 10.8 Å². The topological polar surface area (TPSA) is 38.7 Å². The molecule has 2 radical (unpaired) electrons. The van der Waals surface area contributed by atoms with E-state index in [1.807, 2.05) is 18.1 Å². The molecule has 0 aliphatic rings. The van der Waals surface area contributed by atoms with Gasteiger partial charge in [-0.2, -0.15) is 26.3 Å². The monoisotopic (exact) mass is 712 g/mol. The fourth-order valence-electron chi connectivity index (χ4n) is 5.27. The number of rotatable bonds is 11. The molecule has 2 aromatic carbocycles. The van der Waals surface area contributed by atoms with Crippen LogP contribution in [0.1, 0.15) is 94.9 Å². The average Bonchev–Trinajstić information content (AvgIpc) is 2.93. The summed E-state index contributed by atoms with van der Waals surface area (Å²) < 4.78 is 91.6. The van der Waals surface area contributed by atoms with Crippen LogP contribution in [-0.4, -0.2) is 41.1 Å². The maximum atomic E-state index is 13.0. The molecule has 2 rings (SSSR count). The van der Waals surface area contributed by atoms with Gasteiger partial charge in [0.25, 0.3) is 0 Å². The van der Waals surface area contributed by atoms with Crippen molar-refractivity contribution in [1.82, 2.24) is 0 Å². The smallest absolute Gasteiger partial charge is 0.410 e. The second kappa shape index (κ2) is 16.1. The van der Waals surface area contributed by atoms with Gasteiger partial charge in [0.2, 0.25) is 18.1 Å². The van der Waals surface area contributed by atoms with Crippen LogP contribution in [0.2, 0.25) is 26.2 Å². The molecule has 0 spiro atoms. The Bertz CT molecular complexity index is 1440. The number of halogens is 6. The van der Waals surface area contributed by atoms with E-state index in [4.69, 9.17) is 8.85 Å². The van der Waals surface area contributed by atoms with E-state index in [1.54, 1.807) is 19.1 Å². The van der Waals surface area contributed by atoms with E-state index < -0.39 is 36.0 Å². The van der Waals surface area contributed by atoms with E-state index in [2.05, 4.69) is 85.9 Å². The number of hydrogen-bond donors (Lipinski definition) is 1. The van der Waals surface area contributed by atoms with Crippen molar-refractivity contribution < 1.29 is 40.3 Å². The van der Waals surface area contributed by atoms with Gasteiger partial charge in [-0.1, -0.05) is 96.9 Å². The molecule has 0 aliphatic carbocycles. The van der Waals surface area contributed by atoms with Gasteiger partial charge >= 0.3 is 18.0 Å². The summed E-state index contributed by atoms with van der Waals surface area (Å²) in [6, 6.07) is 13.9. The summed E-state index contributed by atoms with van der Waals surface area (Å²) >= 11 is 0. The lowest BCUT2D eigenvalue weighted by Gasteiger charge is -2.39. The highest BCUT2D eigenvalue weighted by molar-refractivity contribution is 6.48. The first kappa shape index (κ1) is 41.8. The average molecular weight is 713 g/mol. The molecule has 0 heterocycles. The Hall–Kier alpha value is -2.37. The minimum absolute atomic E-state index is 0.120. The third-order valence-electron chi connectivity index (χ3n) is 7.70. The van der Waals surface area contributed by atoms with Gasteiger partial charge in [-0.15, -0.1) is 0 Å². The summed E-state index contributed by atoms with van der Waals surface area (Å²) in [6.07, 6.45) is -9.62. The van der Waals surface area contributed by atoms with Gasteiger partial charge in [0.15, 0.2) is 0 Å². The molecule has 0 aliphatic heterocycles. The molecule has 0 amide bonds. The van der Waals surface area contributed by atoms with Gasteiger partial charge in [0.1, 0.15) is 0 Å². The molecular weight excluding hydrogens is 663 g/mol. The minimum atomic E-state index is -6.00. The SMILES string of the molecule is CC/C(=C\C#CC(O)(C(F)(F)F)C(F)(F)F)c1cccc(CCc2ccc(C(O[Si](C)C)C(C)(C)C)c(C(O[Si](C)C)C(C)(C)C)c2)c1. The lowest BCUT2D eigenvalue weighted by molar-refractivity contribution is -0.343. The summed E-state index contributed by atoms with van der Waals surface area (Å²) in [5.74, 6) is 2.83. The maximum Gasteiger partial charge on any atom is 0.438 e. The largest absolute Gasteiger partial charge is 0.438 e. The van der Waals surface area contributed by atoms with Crippen LogP contribution in [0.25, 0.3) is 5.57 Å². The summed E-state index contributed by atoms with van der Waals surface area (Å²) in [7, 11) is -2.07. The molecule has 2 unspecified atom stereocenters. The molecule has 0 saturated carbocycles. The standard InChI is InChI=1S/C37H50F6O3Si2/c1-12-27(17-14-22-35(44,36(38,39)40)37(41,42)43)28-16-13-15-25(23-28)18-19-26-20-21-29(31(33(2,3)4)45-47(8)9)30(24-26)32(34(5,6)7)46-48(10)11/h13,15-17,20-21,23-24,31-32,44H,12,18-19H2,1-11H3/b27-17+. The Morgan fingerprint density at radius 2 is 1.23 bits per heavy atom. The molecule has 0 fully saturated rings. The Balaban J connectivity index is 2.52. The minimum Gasteiger partial charge on any atom is -0.410 e. The van der Waals surface area contributed by atoms with Gasteiger partial charge in [0, 0.05) is 0 Å². The molecule has 3 nitrogen and oxygen atoms in total. The summed E-state index contributed by atoms with van der Waals surface area (Å²) in [4.78, 5) is 0. The van der Waals surface area contributed by atoms with Crippen molar-refractivity contribution in [2.75, 3.05) is 0 Å². The van der Waals surface area contributed by atoms with Crippen molar-refractivity contribution in [1.29, 1.82) is 0 Å². The van der Waals surface area contributed by atoms with E-state index in [9.17, 15) is 31.4 Å². The second-order valence-electron chi connectivity index (χ2n) is 14.7. The number of aliphatic hydroxyl groups is 1. The molecule has 11 heteroatoms. The molecule has 48 heavy (non-hydrogen) atoms. The fraction of sp³-hybridized carbons (Fsp3) is 0.568. The molecule has 1 N–H and O–H groups in total. The highest BCUT2D eigenvalue weighted by atomic mass is 28.3. The fourth-order valence-corrected chi connectivity index (χ4v) is 7.17. The van der Waals surface area contributed by atoms with Crippen LogP contribution in [0.5, 0.6) is 0 Å². The lowest BCUT2D eigenvalue weighted by atomic mass is 9.77. The van der Waals surface area contributed by atoms with Crippen LogP contribution in [0.3, 0.4) is 0 Å². The Labute approximate surface area is 286 Å². The van der Waals surface area contributed by atoms with Crippen molar-refractivity contribution in [3.63, 3.8) is 0 Å². The van der Waals surface area contributed by atoms with Crippen LogP contribution in [0.15, 0.2) is 48.5 Å². The lowest BCUT2D eigenvalue weighted by Crippen LogP contribution is -2.55. The van der Waals surface area contributed by atoms with Crippen LogP contribution >= 0.6 is 0 Å². The van der Waals surface area contributed by atoms with Gasteiger partial charge in [-0.3, -0.25) is 0 Å². The van der Waals surface area contributed by atoms with E-state index in [-0.39, 0.29) is 23.0 Å². The Morgan fingerprint density at radius 1 is 0.750 bits per heavy atom. The van der Waals surface area contributed by atoms with Crippen molar-refractivity contribution >= 4 is 23.7 Å². The third kappa shape index (κ3) is 11.1. The predicted molar refractivity (Wildman–Crippen MR) is 185 cm³/mol. The van der Waals surface area contributed by atoms with Gasteiger partial charge < -0.3 is 14.0 Å². The van der Waals surface area contributed by atoms with Crippen molar-refractivity contribution in [2.45, 2.75) is 124 Å². The first-order valence-corrected chi connectivity index (χ1v) is 20.9. The van der Waals surface area contributed by atoms with E-state index >= 15 is 0 Å². The van der Waals surface area contributed by atoms with Crippen LogP contribution in [-0.2, 0) is 21.7 Å². The summed E-state index contributed by atoms with van der Waals surface area (Å²) in [5.41, 5.74) is -0.0598.